The first kappa shape index (κ1) is 21.9. The number of ether oxygens (including phenoxy) is 1. The summed E-state index contributed by atoms with van der Waals surface area (Å²) in [7, 11) is 2.92. The molecule has 2 rings (SSSR count). The van der Waals surface area contributed by atoms with E-state index < -0.39 is 11.7 Å². The Balaban J connectivity index is 1.97. The highest BCUT2D eigenvalue weighted by Gasteiger charge is 2.25. The third kappa shape index (κ3) is 6.67. The molecule has 0 saturated carbocycles. The van der Waals surface area contributed by atoms with Crippen LogP contribution in [0.1, 0.15) is 44.9 Å². The predicted octanol–water partition coefficient (Wildman–Crippen LogP) is 2.63. The average molecular weight is 393 g/mol. The number of carbonyl (C=O) groups is 2. The fourth-order valence-electron chi connectivity index (χ4n) is 2.89. The van der Waals surface area contributed by atoms with Gasteiger partial charge >= 0.3 is 6.09 Å². The zero-order valence-corrected chi connectivity index (χ0v) is 17.6. The van der Waals surface area contributed by atoms with Crippen molar-refractivity contribution in [3.05, 3.63) is 23.4 Å². The SMILES string of the molecule is CON(C)C(=O)CN(CCCc1ccc2c(n1)NCCC2)C(=O)OC(C)(C)C. The Bertz CT molecular complexity index is 687. The molecule has 1 N–H and O–H groups in total. The Kier molecular flexibility index (Phi) is 7.62. The number of carbonyl (C=O) groups excluding carboxylic acids is 2. The van der Waals surface area contributed by atoms with Gasteiger partial charge in [-0.25, -0.2) is 14.8 Å². The topological polar surface area (TPSA) is 84.0 Å². The van der Waals surface area contributed by atoms with E-state index in [-0.39, 0.29) is 12.5 Å². The van der Waals surface area contributed by atoms with E-state index in [2.05, 4.69) is 16.4 Å². The van der Waals surface area contributed by atoms with Gasteiger partial charge in [-0.1, -0.05) is 6.07 Å². The van der Waals surface area contributed by atoms with E-state index in [1.807, 2.05) is 6.07 Å². The summed E-state index contributed by atoms with van der Waals surface area (Å²) >= 11 is 0. The second-order valence-corrected chi connectivity index (χ2v) is 7.92. The number of pyridine rings is 1. The summed E-state index contributed by atoms with van der Waals surface area (Å²) in [6, 6.07) is 4.15. The largest absolute Gasteiger partial charge is 0.444 e. The van der Waals surface area contributed by atoms with Gasteiger partial charge in [-0.3, -0.25) is 14.5 Å². The number of aryl methyl sites for hydroxylation is 2. The van der Waals surface area contributed by atoms with Crippen LogP contribution in [0.25, 0.3) is 0 Å². The molecule has 1 aromatic heterocycles. The number of fused-ring (bicyclic) bond motifs is 1. The Labute approximate surface area is 167 Å². The zero-order chi connectivity index (χ0) is 20.7. The van der Waals surface area contributed by atoms with Crippen molar-refractivity contribution in [1.82, 2.24) is 14.9 Å². The fourth-order valence-corrected chi connectivity index (χ4v) is 2.89. The minimum Gasteiger partial charge on any atom is -0.444 e. The highest BCUT2D eigenvalue weighted by molar-refractivity contribution is 5.81. The number of hydrogen-bond acceptors (Lipinski definition) is 6. The molecule has 0 aliphatic carbocycles. The van der Waals surface area contributed by atoms with Gasteiger partial charge in [0.25, 0.3) is 5.91 Å². The molecule has 156 valence electrons. The molecule has 28 heavy (non-hydrogen) atoms. The van der Waals surface area contributed by atoms with Crippen LogP contribution in [-0.2, 0) is 27.2 Å². The molecule has 8 heteroatoms. The quantitative estimate of drug-likeness (QED) is 0.718. The zero-order valence-electron chi connectivity index (χ0n) is 17.6. The van der Waals surface area contributed by atoms with Crippen LogP contribution < -0.4 is 5.32 Å². The summed E-state index contributed by atoms with van der Waals surface area (Å²) in [4.78, 5) is 35.7. The smallest absolute Gasteiger partial charge is 0.410 e. The van der Waals surface area contributed by atoms with Crippen LogP contribution in [0.15, 0.2) is 12.1 Å². The summed E-state index contributed by atoms with van der Waals surface area (Å²) in [5.74, 6) is 0.647. The van der Waals surface area contributed by atoms with E-state index in [0.717, 1.165) is 36.0 Å². The molecule has 0 fully saturated rings. The van der Waals surface area contributed by atoms with E-state index in [1.54, 1.807) is 20.8 Å². The van der Waals surface area contributed by atoms with E-state index in [1.165, 1.54) is 24.6 Å². The number of hydroxylamine groups is 2. The van der Waals surface area contributed by atoms with Gasteiger partial charge in [-0.05, 0) is 58.1 Å². The van der Waals surface area contributed by atoms with Crippen molar-refractivity contribution in [3.63, 3.8) is 0 Å². The maximum atomic E-state index is 12.5. The average Bonchev–Trinajstić information content (AvgIpc) is 2.64. The summed E-state index contributed by atoms with van der Waals surface area (Å²) in [6.45, 7) is 6.65. The highest BCUT2D eigenvalue weighted by atomic mass is 16.7. The molecular formula is C20H32N4O4. The van der Waals surface area contributed by atoms with Gasteiger partial charge in [-0.2, -0.15) is 0 Å². The lowest BCUT2D eigenvalue weighted by molar-refractivity contribution is -0.169. The number of hydrogen-bond donors (Lipinski definition) is 1. The Morgan fingerprint density at radius 3 is 2.71 bits per heavy atom. The van der Waals surface area contributed by atoms with Crippen molar-refractivity contribution in [1.29, 1.82) is 0 Å². The van der Waals surface area contributed by atoms with Gasteiger partial charge in [0.1, 0.15) is 18.0 Å². The normalized spacial score (nSPS) is 13.3. The summed E-state index contributed by atoms with van der Waals surface area (Å²) in [5.41, 5.74) is 1.59. The van der Waals surface area contributed by atoms with E-state index in [9.17, 15) is 9.59 Å². The first-order valence-corrected chi connectivity index (χ1v) is 9.71. The molecule has 0 aromatic carbocycles. The summed E-state index contributed by atoms with van der Waals surface area (Å²) in [5, 5.41) is 4.44. The lowest BCUT2D eigenvalue weighted by Crippen LogP contribution is -2.44. The number of nitrogens with one attached hydrogen (secondary N) is 1. The van der Waals surface area contributed by atoms with Crippen molar-refractivity contribution in [2.24, 2.45) is 0 Å². The summed E-state index contributed by atoms with van der Waals surface area (Å²) in [6.07, 6.45) is 3.06. The van der Waals surface area contributed by atoms with Crippen molar-refractivity contribution < 1.29 is 19.2 Å². The molecule has 0 spiro atoms. The molecule has 0 unspecified atom stereocenters. The van der Waals surface area contributed by atoms with Gasteiger partial charge in [0.2, 0.25) is 0 Å². The number of nitrogens with zero attached hydrogens (tertiary/aromatic N) is 3. The maximum absolute atomic E-state index is 12.5. The van der Waals surface area contributed by atoms with Crippen LogP contribution in [0.3, 0.4) is 0 Å². The van der Waals surface area contributed by atoms with Gasteiger partial charge in [0.05, 0.1) is 7.11 Å². The van der Waals surface area contributed by atoms with Crippen LogP contribution in [0, 0.1) is 0 Å². The van der Waals surface area contributed by atoms with Crippen LogP contribution in [0.2, 0.25) is 0 Å². The summed E-state index contributed by atoms with van der Waals surface area (Å²) < 4.78 is 5.44. The third-order valence-corrected chi connectivity index (χ3v) is 4.42. The maximum Gasteiger partial charge on any atom is 0.410 e. The number of amides is 2. The third-order valence-electron chi connectivity index (χ3n) is 4.42. The number of rotatable bonds is 7. The van der Waals surface area contributed by atoms with Crippen molar-refractivity contribution in [2.45, 2.75) is 52.1 Å². The van der Waals surface area contributed by atoms with Crippen molar-refractivity contribution in [2.75, 3.05) is 39.1 Å². The second-order valence-electron chi connectivity index (χ2n) is 7.92. The lowest BCUT2D eigenvalue weighted by Gasteiger charge is -2.28. The first-order valence-electron chi connectivity index (χ1n) is 9.71. The predicted molar refractivity (Wildman–Crippen MR) is 107 cm³/mol. The number of anilines is 1. The standard InChI is InChI=1S/C20H32N4O4/c1-20(2,3)28-19(26)24(14-17(25)23(4)27-5)13-7-9-16-11-10-15-8-6-12-21-18(15)22-16/h10-11H,6-9,12-14H2,1-5H3,(H,21,22). The molecule has 1 aromatic rings. The molecule has 1 aliphatic rings. The van der Waals surface area contributed by atoms with E-state index >= 15 is 0 Å². The highest BCUT2D eigenvalue weighted by Crippen LogP contribution is 2.20. The minimum atomic E-state index is -0.628. The van der Waals surface area contributed by atoms with Gasteiger partial charge in [0.15, 0.2) is 0 Å². The van der Waals surface area contributed by atoms with Crippen molar-refractivity contribution >= 4 is 17.8 Å². The van der Waals surface area contributed by atoms with Crippen LogP contribution in [0.4, 0.5) is 10.6 Å². The second kappa shape index (κ2) is 9.73. The Morgan fingerprint density at radius 1 is 1.29 bits per heavy atom. The first-order chi connectivity index (χ1) is 13.2. The Morgan fingerprint density at radius 2 is 2.04 bits per heavy atom. The molecule has 0 bridgehead atoms. The van der Waals surface area contributed by atoms with Crippen LogP contribution in [0.5, 0.6) is 0 Å². The lowest BCUT2D eigenvalue weighted by atomic mass is 10.1. The van der Waals surface area contributed by atoms with Gasteiger partial charge in [0, 0.05) is 25.8 Å². The molecule has 2 heterocycles. The van der Waals surface area contributed by atoms with Crippen LogP contribution in [-0.4, -0.2) is 66.3 Å². The molecule has 0 saturated heterocycles. The van der Waals surface area contributed by atoms with Crippen LogP contribution >= 0.6 is 0 Å². The number of likely N-dealkylation sites (N-methyl/N-ethyl adjacent to an activating group) is 1. The molecule has 1 aliphatic heterocycles. The Hall–Kier alpha value is -2.35. The van der Waals surface area contributed by atoms with E-state index in [4.69, 9.17) is 9.57 Å². The number of aromatic nitrogens is 1. The minimum absolute atomic E-state index is 0.0988. The monoisotopic (exact) mass is 392 g/mol. The molecule has 0 atom stereocenters. The molecule has 8 nitrogen and oxygen atoms in total. The van der Waals surface area contributed by atoms with E-state index in [0.29, 0.717) is 19.4 Å². The fraction of sp³-hybridized carbons (Fsp3) is 0.650. The van der Waals surface area contributed by atoms with Crippen molar-refractivity contribution in [3.8, 4) is 0 Å². The van der Waals surface area contributed by atoms with Gasteiger partial charge < -0.3 is 10.1 Å². The van der Waals surface area contributed by atoms with Gasteiger partial charge in [-0.15, -0.1) is 0 Å². The molecular weight excluding hydrogens is 360 g/mol. The molecule has 0 radical (unpaired) electrons. The molecule has 2 amide bonds.